The van der Waals surface area contributed by atoms with E-state index >= 15 is 0 Å². The summed E-state index contributed by atoms with van der Waals surface area (Å²) in [5.74, 6) is 0.871. The van der Waals surface area contributed by atoms with E-state index in [-0.39, 0.29) is 0 Å². The highest BCUT2D eigenvalue weighted by molar-refractivity contribution is 4.64. The van der Waals surface area contributed by atoms with Crippen LogP contribution in [-0.2, 0) is 4.74 Å². The Balaban J connectivity index is 1.79. The molecule has 1 rings (SSSR count). The number of hydrogen-bond donors (Lipinski definition) is 1. The Morgan fingerprint density at radius 3 is 2.60 bits per heavy atom. The van der Waals surface area contributed by atoms with Crippen LogP contribution in [0.15, 0.2) is 0 Å². The molecule has 1 saturated carbocycles. The molecule has 90 valence electrons. The van der Waals surface area contributed by atoms with Crippen molar-refractivity contribution in [2.45, 2.75) is 51.4 Å². The third-order valence-corrected chi connectivity index (χ3v) is 3.29. The Morgan fingerprint density at radius 1 is 1.07 bits per heavy atom. The number of unbranched alkanes of at least 4 members (excludes halogenated alkanes) is 2. The lowest BCUT2D eigenvalue weighted by Crippen LogP contribution is -2.14. The average molecular weight is 213 g/mol. The Morgan fingerprint density at radius 2 is 1.87 bits per heavy atom. The van der Waals surface area contributed by atoms with Crippen molar-refractivity contribution in [2.75, 3.05) is 26.8 Å². The summed E-state index contributed by atoms with van der Waals surface area (Å²) in [5, 5.41) is 3.17. The minimum atomic E-state index is 0.871. The normalized spacial score (nSPS) is 18.2. The van der Waals surface area contributed by atoms with Gasteiger partial charge >= 0.3 is 0 Å². The van der Waals surface area contributed by atoms with Crippen LogP contribution in [0.25, 0.3) is 0 Å². The first-order valence-corrected chi connectivity index (χ1v) is 6.66. The van der Waals surface area contributed by atoms with Crippen LogP contribution in [-0.4, -0.2) is 26.8 Å². The largest absolute Gasteiger partial charge is 0.381 e. The van der Waals surface area contributed by atoms with E-state index in [9.17, 15) is 0 Å². The quantitative estimate of drug-likeness (QED) is 0.626. The second-order valence-corrected chi connectivity index (χ2v) is 4.74. The summed E-state index contributed by atoms with van der Waals surface area (Å²) in [7, 11) is 2.01. The van der Waals surface area contributed by atoms with Crippen LogP contribution in [0.4, 0.5) is 0 Å². The van der Waals surface area contributed by atoms with Crippen molar-refractivity contribution in [3.8, 4) is 0 Å². The Labute approximate surface area is 94.8 Å². The molecular weight excluding hydrogens is 186 g/mol. The molecule has 0 atom stereocenters. The molecule has 1 fully saturated rings. The molecule has 1 aliphatic rings. The fraction of sp³-hybridized carbons (Fsp3) is 1.00. The van der Waals surface area contributed by atoms with Gasteiger partial charge in [-0.25, -0.2) is 0 Å². The van der Waals surface area contributed by atoms with E-state index in [0.717, 1.165) is 25.7 Å². The van der Waals surface area contributed by atoms with Crippen LogP contribution in [0.3, 0.4) is 0 Å². The molecule has 0 heterocycles. The molecule has 2 heteroatoms. The van der Waals surface area contributed by atoms with E-state index < -0.39 is 0 Å². The van der Waals surface area contributed by atoms with Crippen LogP contribution in [0.1, 0.15) is 51.4 Å². The molecule has 0 aromatic heterocycles. The molecule has 1 aliphatic carbocycles. The van der Waals surface area contributed by atoms with Crippen LogP contribution in [0, 0.1) is 5.92 Å². The van der Waals surface area contributed by atoms with E-state index in [0.29, 0.717) is 0 Å². The molecule has 0 unspecified atom stereocenters. The molecule has 0 amide bonds. The van der Waals surface area contributed by atoms with Gasteiger partial charge in [0.25, 0.3) is 0 Å². The van der Waals surface area contributed by atoms with Crippen LogP contribution >= 0.6 is 0 Å². The van der Waals surface area contributed by atoms with Gasteiger partial charge in [0.1, 0.15) is 0 Å². The molecule has 2 nitrogen and oxygen atoms in total. The highest BCUT2D eigenvalue weighted by atomic mass is 16.5. The molecule has 1 N–H and O–H groups in total. The standard InChI is InChI=1S/C13H27NO/c1-14-10-6-3-7-11-15-12-13-8-4-2-5-9-13/h13-14H,2-12H2,1H3. The zero-order valence-corrected chi connectivity index (χ0v) is 10.3. The first-order chi connectivity index (χ1) is 7.43. The number of hydrogen-bond acceptors (Lipinski definition) is 2. The first kappa shape index (κ1) is 13.0. The van der Waals surface area contributed by atoms with Gasteiger partial charge in [-0.05, 0) is 51.6 Å². The summed E-state index contributed by atoms with van der Waals surface area (Å²) >= 11 is 0. The topological polar surface area (TPSA) is 21.3 Å². The van der Waals surface area contributed by atoms with Crippen LogP contribution < -0.4 is 5.32 Å². The predicted octanol–water partition coefficient (Wildman–Crippen LogP) is 2.97. The predicted molar refractivity (Wildman–Crippen MR) is 65.2 cm³/mol. The maximum atomic E-state index is 5.73. The van der Waals surface area contributed by atoms with Gasteiger partial charge in [0.15, 0.2) is 0 Å². The van der Waals surface area contributed by atoms with E-state index in [1.54, 1.807) is 0 Å². The summed E-state index contributed by atoms with van der Waals surface area (Å²) < 4.78 is 5.73. The van der Waals surface area contributed by atoms with Crippen molar-refractivity contribution in [1.29, 1.82) is 0 Å². The molecule has 0 saturated heterocycles. The molecule has 0 aromatic rings. The molecular formula is C13H27NO. The van der Waals surface area contributed by atoms with Crippen LogP contribution in [0.2, 0.25) is 0 Å². The maximum absolute atomic E-state index is 5.73. The molecule has 0 aromatic carbocycles. The van der Waals surface area contributed by atoms with Crippen molar-refractivity contribution in [3.63, 3.8) is 0 Å². The molecule has 15 heavy (non-hydrogen) atoms. The number of ether oxygens (including phenoxy) is 1. The monoisotopic (exact) mass is 213 g/mol. The smallest absolute Gasteiger partial charge is 0.0494 e. The van der Waals surface area contributed by atoms with E-state index in [2.05, 4.69) is 5.32 Å². The Kier molecular flexibility index (Phi) is 7.94. The lowest BCUT2D eigenvalue weighted by molar-refractivity contribution is 0.0825. The minimum Gasteiger partial charge on any atom is -0.381 e. The lowest BCUT2D eigenvalue weighted by atomic mass is 9.90. The third kappa shape index (κ3) is 6.91. The third-order valence-electron chi connectivity index (χ3n) is 3.29. The number of rotatable bonds is 8. The molecule has 0 radical (unpaired) electrons. The summed E-state index contributed by atoms with van der Waals surface area (Å²) in [6.45, 7) is 3.13. The highest BCUT2D eigenvalue weighted by Crippen LogP contribution is 2.23. The van der Waals surface area contributed by atoms with E-state index in [1.807, 2.05) is 7.05 Å². The second-order valence-electron chi connectivity index (χ2n) is 4.74. The van der Waals surface area contributed by atoms with Crippen molar-refractivity contribution >= 4 is 0 Å². The molecule has 0 spiro atoms. The molecule has 0 bridgehead atoms. The first-order valence-electron chi connectivity index (χ1n) is 6.66. The van der Waals surface area contributed by atoms with Gasteiger partial charge in [-0.2, -0.15) is 0 Å². The average Bonchev–Trinajstić information content (AvgIpc) is 2.29. The van der Waals surface area contributed by atoms with Crippen molar-refractivity contribution < 1.29 is 4.74 Å². The van der Waals surface area contributed by atoms with Gasteiger partial charge < -0.3 is 10.1 Å². The summed E-state index contributed by atoms with van der Waals surface area (Å²) in [5.41, 5.74) is 0. The van der Waals surface area contributed by atoms with Gasteiger partial charge in [0, 0.05) is 13.2 Å². The minimum absolute atomic E-state index is 0.871. The molecule has 0 aliphatic heterocycles. The van der Waals surface area contributed by atoms with Gasteiger partial charge in [0.05, 0.1) is 0 Å². The van der Waals surface area contributed by atoms with Crippen molar-refractivity contribution in [3.05, 3.63) is 0 Å². The van der Waals surface area contributed by atoms with E-state index in [4.69, 9.17) is 4.74 Å². The summed E-state index contributed by atoms with van der Waals surface area (Å²) in [4.78, 5) is 0. The SMILES string of the molecule is CNCCCCCOCC1CCCCC1. The fourth-order valence-corrected chi connectivity index (χ4v) is 2.29. The maximum Gasteiger partial charge on any atom is 0.0494 e. The second kappa shape index (κ2) is 9.17. The fourth-order valence-electron chi connectivity index (χ4n) is 2.29. The lowest BCUT2D eigenvalue weighted by Gasteiger charge is -2.21. The van der Waals surface area contributed by atoms with E-state index in [1.165, 1.54) is 51.4 Å². The Hall–Kier alpha value is -0.0800. The van der Waals surface area contributed by atoms with Gasteiger partial charge in [0.2, 0.25) is 0 Å². The zero-order chi connectivity index (χ0) is 10.8. The Bertz CT molecular complexity index is 132. The zero-order valence-electron chi connectivity index (χ0n) is 10.3. The van der Waals surface area contributed by atoms with Crippen LogP contribution in [0.5, 0.6) is 0 Å². The van der Waals surface area contributed by atoms with Crippen molar-refractivity contribution in [1.82, 2.24) is 5.32 Å². The van der Waals surface area contributed by atoms with Crippen molar-refractivity contribution in [2.24, 2.45) is 5.92 Å². The highest BCUT2D eigenvalue weighted by Gasteiger charge is 2.12. The summed E-state index contributed by atoms with van der Waals surface area (Å²) in [6, 6.07) is 0. The van der Waals surface area contributed by atoms with Gasteiger partial charge in [-0.15, -0.1) is 0 Å². The van der Waals surface area contributed by atoms with Gasteiger partial charge in [-0.1, -0.05) is 19.3 Å². The van der Waals surface area contributed by atoms with Gasteiger partial charge in [-0.3, -0.25) is 0 Å². The summed E-state index contributed by atoms with van der Waals surface area (Å²) in [6.07, 6.45) is 10.9. The number of nitrogens with one attached hydrogen (secondary N) is 1.